The van der Waals surface area contributed by atoms with Crippen molar-refractivity contribution in [1.82, 2.24) is 9.97 Å². The molecule has 1 heterocycles. The Labute approximate surface area is 98.0 Å². The first-order chi connectivity index (χ1) is 7.44. The highest BCUT2D eigenvalue weighted by molar-refractivity contribution is 7.89. The molecule has 0 aliphatic carbocycles. The van der Waals surface area contributed by atoms with Crippen LogP contribution in [0.2, 0.25) is 5.15 Å². The molecule has 0 saturated carbocycles. The van der Waals surface area contributed by atoms with Gasteiger partial charge in [-0.05, 0) is 0 Å². The van der Waals surface area contributed by atoms with Gasteiger partial charge in [0.1, 0.15) is 6.33 Å². The summed E-state index contributed by atoms with van der Waals surface area (Å²) >= 11 is 5.74. The number of hydrogen-bond donors (Lipinski definition) is 2. The Kier molecular flexibility index (Phi) is 4.27. The number of primary sulfonamides is 1. The third-order valence-electron chi connectivity index (χ3n) is 1.64. The van der Waals surface area contributed by atoms with Crippen LogP contribution in [0.15, 0.2) is 6.33 Å². The molecule has 0 aromatic carbocycles. The van der Waals surface area contributed by atoms with E-state index in [9.17, 15) is 8.42 Å². The van der Waals surface area contributed by atoms with Crippen molar-refractivity contribution in [2.24, 2.45) is 5.14 Å². The van der Waals surface area contributed by atoms with Gasteiger partial charge in [0.05, 0.1) is 12.9 Å². The number of nitrogens with one attached hydrogen (secondary N) is 1. The van der Waals surface area contributed by atoms with Crippen LogP contribution in [0.5, 0.6) is 5.75 Å². The Balaban J connectivity index is 2.71. The van der Waals surface area contributed by atoms with Gasteiger partial charge in [-0.3, -0.25) is 0 Å². The second-order valence-electron chi connectivity index (χ2n) is 2.84. The maximum Gasteiger partial charge on any atom is 0.210 e. The monoisotopic (exact) mass is 266 g/mol. The quantitative estimate of drug-likeness (QED) is 0.717. The lowest BCUT2D eigenvalue weighted by molar-refractivity contribution is 0.413. The predicted molar refractivity (Wildman–Crippen MR) is 60.1 cm³/mol. The number of hydrogen-bond acceptors (Lipinski definition) is 6. The van der Waals surface area contributed by atoms with Crippen LogP contribution < -0.4 is 15.2 Å². The standard InChI is InChI=1S/C7H11ClN4O3S/c1-15-5-6(8)11-4-12-7(5)10-2-3-16(9,13)14/h4H,2-3H2,1H3,(H2,9,13,14)(H,10,11,12). The van der Waals surface area contributed by atoms with Crippen molar-refractivity contribution >= 4 is 27.4 Å². The number of anilines is 1. The molecule has 0 amide bonds. The van der Waals surface area contributed by atoms with Gasteiger partial charge in [-0.2, -0.15) is 0 Å². The summed E-state index contributed by atoms with van der Waals surface area (Å²) < 4.78 is 26.3. The zero-order chi connectivity index (χ0) is 12.2. The summed E-state index contributed by atoms with van der Waals surface area (Å²) in [5.74, 6) is 0.377. The molecule has 1 aromatic rings. The van der Waals surface area contributed by atoms with Gasteiger partial charge in [0.2, 0.25) is 10.0 Å². The Morgan fingerprint density at radius 2 is 2.25 bits per heavy atom. The molecule has 0 spiro atoms. The lowest BCUT2D eigenvalue weighted by atomic mass is 10.5. The molecule has 7 nitrogen and oxygen atoms in total. The SMILES string of the molecule is COc1c(Cl)ncnc1NCCS(N)(=O)=O. The molecule has 0 atom stereocenters. The zero-order valence-corrected chi connectivity index (χ0v) is 10.0. The summed E-state index contributed by atoms with van der Waals surface area (Å²) in [7, 11) is -2.09. The molecule has 16 heavy (non-hydrogen) atoms. The number of sulfonamides is 1. The Morgan fingerprint density at radius 1 is 1.56 bits per heavy atom. The van der Waals surface area contributed by atoms with Gasteiger partial charge in [0, 0.05) is 6.54 Å². The predicted octanol–water partition coefficient (Wildman–Crippen LogP) is -0.161. The molecule has 0 unspecified atom stereocenters. The summed E-state index contributed by atoms with van der Waals surface area (Å²) in [4.78, 5) is 7.58. The van der Waals surface area contributed by atoms with Crippen LogP contribution in [0, 0.1) is 0 Å². The minimum absolute atomic E-state index is 0.114. The van der Waals surface area contributed by atoms with E-state index < -0.39 is 10.0 Å². The first-order valence-corrected chi connectivity index (χ1v) is 6.32. The van der Waals surface area contributed by atoms with E-state index in [1.807, 2.05) is 0 Å². The largest absolute Gasteiger partial charge is 0.490 e. The third-order valence-corrected chi connectivity index (χ3v) is 2.69. The van der Waals surface area contributed by atoms with Gasteiger partial charge in [0.25, 0.3) is 0 Å². The topological polar surface area (TPSA) is 107 Å². The average molecular weight is 267 g/mol. The first-order valence-electron chi connectivity index (χ1n) is 4.23. The van der Waals surface area contributed by atoms with Gasteiger partial charge in [0.15, 0.2) is 16.7 Å². The Morgan fingerprint density at radius 3 is 2.81 bits per heavy atom. The molecule has 9 heteroatoms. The molecule has 1 aromatic heterocycles. The number of rotatable bonds is 5. The van der Waals surface area contributed by atoms with Crippen molar-refractivity contribution in [3.05, 3.63) is 11.5 Å². The van der Waals surface area contributed by atoms with Crippen LogP contribution in [0.25, 0.3) is 0 Å². The van der Waals surface area contributed by atoms with E-state index in [1.54, 1.807) is 0 Å². The fourth-order valence-electron chi connectivity index (χ4n) is 0.971. The number of ether oxygens (including phenoxy) is 1. The molecular formula is C7H11ClN4O3S. The minimum Gasteiger partial charge on any atom is -0.490 e. The Bertz CT molecular complexity index is 465. The van der Waals surface area contributed by atoms with Crippen LogP contribution in [0.1, 0.15) is 0 Å². The lowest BCUT2D eigenvalue weighted by Crippen LogP contribution is -2.22. The lowest BCUT2D eigenvalue weighted by Gasteiger charge is -2.09. The van der Waals surface area contributed by atoms with Crippen molar-refractivity contribution < 1.29 is 13.2 Å². The highest BCUT2D eigenvalue weighted by atomic mass is 35.5. The maximum atomic E-state index is 10.7. The first kappa shape index (κ1) is 12.9. The van der Waals surface area contributed by atoms with Gasteiger partial charge >= 0.3 is 0 Å². The molecule has 0 bridgehead atoms. The van der Waals surface area contributed by atoms with E-state index in [0.29, 0.717) is 5.82 Å². The fourth-order valence-corrected chi connectivity index (χ4v) is 1.57. The molecular weight excluding hydrogens is 256 g/mol. The van der Waals surface area contributed by atoms with Crippen LogP contribution >= 0.6 is 11.6 Å². The number of methoxy groups -OCH3 is 1. The van der Waals surface area contributed by atoms with Gasteiger partial charge in [-0.1, -0.05) is 11.6 Å². The highest BCUT2D eigenvalue weighted by Crippen LogP contribution is 2.27. The van der Waals surface area contributed by atoms with E-state index in [0.717, 1.165) is 0 Å². The Hall–Kier alpha value is -1.12. The molecule has 90 valence electrons. The van der Waals surface area contributed by atoms with Crippen LogP contribution in [0.3, 0.4) is 0 Å². The van der Waals surface area contributed by atoms with Crippen molar-refractivity contribution in [3.8, 4) is 5.75 Å². The number of nitrogens with zero attached hydrogens (tertiary/aromatic N) is 2. The van der Waals surface area contributed by atoms with Gasteiger partial charge < -0.3 is 10.1 Å². The van der Waals surface area contributed by atoms with E-state index in [2.05, 4.69) is 15.3 Å². The second kappa shape index (κ2) is 5.28. The normalized spacial score (nSPS) is 11.2. The molecule has 0 aliphatic heterocycles. The smallest absolute Gasteiger partial charge is 0.210 e. The minimum atomic E-state index is -3.50. The molecule has 1 rings (SSSR count). The highest BCUT2D eigenvalue weighted by Gasteiger charge is 2.10. The molecule has 0 fully saturated rings. The summed E-state index contributed by atoms with van der Waals surface area (Å²) in [5, 5.41) is 7.73. The van der Waals surface area contributed by atoms with E-state index in [1.165, 1.54) is 13.4 Å². The van der Waals surface area contributed by atoms with E-state index >= 15 is 0 Å². The average Bonchev–Trinajstić information content (AvgIpc) is 2.16. The van der Waals surface area contributed by atoms with Crippen molar-refractivity contribution in [3.63, 3.8) is 0 Å². The van der Waals surface area contributed by atoms with E-state index in [4.69, 9.17) is 21.5 Å². The molecule has 0 radical (unpaired) electrons. The summed E-state index contributed by atoms with van der Waals surface area (Å²) in [6, 6.07) is 0. The zero-order valence-electron chi connectivity index (χ0n) is 8.47. The third kappa shape index (κ3) is 3.80. The van der Waals surface area contributed by atoms with Crippen LogP contribution in [-0.4, -0.2) is 37.8 Å². The van der Waals surface area contributed by atoms with E-state index in [-0.39, 0.29) is 23.2 Å². The molecule has 0 aliphatic rings. The summed E-state index contributed by atoms with van der Waals surface area (Å²) in [6.07, 6.45) is 1.24. The van der Waals surface area contributed by atoms with Crippen molar-refractivity contribution in [2.45, 2.75) is 0 Å². The molecule has 3 N–H and O–H groups in total. The summed E-state index contributed by atoms with van der Waals surface area (Å²) in [6.45, 7) is 0.114. The molecule has 0 saturated heterocycles. The van der Waals surface area contributed by atoms with Crippen molar-refractivity contribution in [1.29, 1.82) is 0 Å². The summed E-state index contributed by atoms with van der Waals surface area (Å²) in [5.41, 5.74) is 0. The number of nitrogens with two attached hydrogens (primary N) is 1. The fraction of sp³-hybridized carbons (Fsp3) is 0.429. The van der Waals surface area contributed by atoms with Gasteiger partial charge in [-0.15, -0.1) is 0 Å². The van der Waals surface area contributed by atoms with Crippen molar-refractivity contribution in [2.75, 3.05) is 24.7 Å². The van der Waals surface area contributed by atoms with Crippen LogP contribution in [-0.2, 0) is 10.0 Å². The maximum absolute atomic E-state index is 10.7. The van der Waals surface area contributed by atoms with Crippen LogP contribution in [0.4, 0.5) is 5.82 Å². The van der Waals surface area contributed by atoms with Gasteiger partial charge in [-0.25, -0.2) is 23.5 Å². The number of aromatic nitrogens is 2. The number of halogens is 1. The second-order valence-corrected chi connectivity index (χ2v) is 4.93.